The number of rotatable bonds is 8. The number of hydrogen-bond donors (Lipinski definition) is 1. The smallest absolute Gasteiger partial charge is 0.332 e. The molecule has 2 aromatic rings. The number of carbonyl (C=O) groups excluding carboxylic acids is 2. The Kier molecular flexibility index (Phi) is 6.29. The van der Waals surface area contributed by atoms with Crippen LogP contribution in [0.5, 0.6) is 0 Å². The Labute approximate surface area is 168 Å². The molecule has 2 aromatic carbocycles. The van der Waals surface area contributed by atoms with Gasteiger partial charge in [-0.15, -0.1) is 0 Å². The monoisotopic (exact) mass is 394 g/mol. The third kappa shape index (κ3) is 4.45. The fourth-order valence-electron chi connectivity index (χ4n) is 3.39. The maximum absolute atomic E-state index is 13.2. The van der Waals surface area contributed by atoms with Crippen LogP contribution in [0, 0.1) is 0 Å². The molecular formula is C22H22N2O5. The Morgan fingerprint density at radius 3 is 1.86 bits per heavy atom. The van der Waals surface area contributed by atoms with Crippen LogP contribution in [0.2, 0.25) is 0 Å². The summed E-state index contributed by atoms with van der Waals surface area (Å²) in [5.74, 6) is -2.03. The van der Waals surface area contributed by atoms with Crippen LogP contribution in [0.25, 0.3) is 0 Å². The van der Waals surface area contributed by atoms with Crippen molar-refractivity contribution in [3.8, 4) is 0 Å². The van der Waals surface area contributed by atoms with E-state index in [4.69, 9.17) is 4.74 Å². The van der Waals surface area contributed by atoms with E-state index in [1.807, 2.05) is 48.5 Å². The molecule has 1 heterocycles. The number of aliphatic carboxylic acids is 1. The first kappa shape index (κ1) is 20.1. The maximum Gasteiger partial charge on any atom is 0.332 e. The highest BCUT2D eigenvalue weighted by Crippen LogP contribution is 2.28. The van der Waals surface area contributed by atoms with Gasteiger partial charge in [-0.1, -0.05) is 73.3 Å². The summed E-state index contributed by atoms with van der Waals surface area (Å²) in [6, 6.07) is 15.0. The van der Waals surface area contributed by atoms with Crippen LogP contribution in [-0.4, -0.2) is 51.6 Å². The van der Waals surface area contributed by atoms with Crippen molar-refractivity contribution in [3.63, 3.8) is 0 Å². The second-order valence-corrected chi connectivity index (χ2v) is 6.66. The molecule has 0 aliphatic carbocycles. The van der Waals surface area contributed by atoms with Crippen LogP contribution in [0.15, 0.2) is 73.3 Å². The average Bonchev–Trinajstić information content (AvgIpc) is 3.00. The number of benzene rings is 2. The van der Waals surface area contributed by atoms with Crippen LogP contribution >= 0.6 is 0 Å². The molecule has 3 rings (SSSR count). The standard InChI is InChI=1S/C22H22N2O5/c1-2-13-29-21(27)19-18(20(25)26)23(14-16-9-5-3-6-10-16)22(28)24(19)15-17-11-7-4-8-12-17/h2-12,18-19H,1,13-15H2,(H,25,26). The Bertz CT molecular complexity index is 885. The molecule has 0 bridgehead atoms. The van der Waals surface area contributed by atoms with Gasteiger partial charge in [0.25, 0.3) is 0 Å². The molecule has 0 aromatic heterocycles. The zero-order valence-electron chi connectivity index (χ0n) is 15.8. The van der Waals surface area contributed by atoms with E-state index in [9.17, 15) is 19.5 Å². The number of carboxylic acids is 1. The highest BCUT2D eigenvalue weighted by Gasteiger charge is 2.53. The van der Waals surface area contributed by atoms with Gasteiger partial charge in [0.05, 0.1) is 0 Å². The first-order chi connectivity index (χ1) is 14.0. The lowest BCUT2D eigenvalue weighted by molar-refractivity contribution is -0.154. The molecule has 1 fully saturated rings. The van der Waals surface area contributed by atoms with Crippen molar-refractivity contribution in [2.24, 2.45) is 0 Å². The second kappa shape index (κ2) is 9.05. The van der Waals surface area contributed by atoms with Crippen molar-refractivity contribution in [2.75, 3.05) is 6.61 Å². The summed E-state index contributed by atoms with van der Waals surface area (Å²) in [5.41, 5.74) is 1.56. The molecule has 150 valence electrons. The zero-order valence-corrected chi connectivity index (χ0v) is 15.8. The van der Waals surface area contributed by atoms with Crippen LogP contribution < -0.4 is 0 Å². The Balaban J connectivity index is 1.96. The topological polar surface area (TPSA) is 87.1 Å². The maximum atomic E-state index is 13.2. The predicted molar refractivity (Wildman–Crippen MR) is 106 cm³/mol. The van der Waals surface area contributed by atoms with Gasteiger partial charge in [0.15, 0.2) is 12.1 Å². The first-order valence-corrected chi connectivity index (χ1v) is 9.18. The molecule has 7 nitrogen and oxygen atoms in total. The molecule has 7 heteroatoms. The van der Waals surface area contributed by atoms with Crippen molar-refractivity contribution in [1.29, 1.82) is 0 Å². The van der Waals surface area contributed by atoms with E-state index >= 15 is 0 Å². The van der Waals surface area contributed by atoms with Gasteiger partial charge in [0, 0.05) is 13.1 Å². The van der Waals surface area contributed by atoms with E-state index in [0.717, 1.165) is 11.1 Å². The van der Waals surface area contributed by atoms with E-state index in [-0.39, 0.29) is 19.7 Å². The number of carbonyl (C=O) groups is 3. The summed E-state index contributed by atoms with van der Waals surface area (Å²) in [4.78, 5) is 40.4. The SMILES string of the molecule is C=CCOC(=O)C1C(C(=O)O)N(Cc2ccccc2)C(=O)N1Cc1ccccc1. The van der Waals surface area contributed by atoms with E-state index in [1.54, 1.807) is 12.1 Å². The van der Waals surface area contributed by atoms with Gasteiger partial charge in [-0.2, -0.15) is 0 Å². The number of hydrogen-bond acceptors (Lipinski definition) is 4. The molecule has 1 aliphatic heterocycles. The molecule has 0 radical (unpaired) electrons. The van der Waals surface area contributed by atoms with Gasteiger partial charge >= 0.3 is 18.0 Å². The van der Waals surface area contributed by atoms with Gasteiger partial charge in [-0.3, -0.25) is 0 Å². The summed E-state index contributed by atoms with van der Waals surface area (Å²) < 4.78 is 5.13. The highest BCUT2D eigenvalue weighted by molar-refractivity contribution is 5.96. The second-order valence-electron chi connectivity index (χ2n) is 6.66. The largest absolute Gasteiger partial charge is 0.480 e. The van der Waals surface area contributed by atoms with E-state index in [1.165, 1.54) is 15.9 Å². The molecule has 1 saturated heterocycles. The number of esters is 1. The van der Waals surface area contributed by atoms with Gasteiger partial charge in [0.1, 0.15) is 6.61 Å². The molecule has 2 unspecified atom stereocenters. The summed E-state index contributed by atoms with van der Waals surface area (Å²) >= 11 is 0. The lowest BCUT2D eigenvalue weighted by Gasteiger charge is -2.23. The quantitative estimate of drug-likeness (QED) is 0.549. The van der Waals surface area contributed by atoms with E-state index in [2.05, 4.69) is 6.58 Å². The van der Waals surface area contributed by atoms with Crippen molar-refractivity contribution in [1.82, 2.24) is 9.80 Å². The number of ether oxygens (including phenoxy) is 1. The van der Waals surface area contributed by atoms with Crippen molar-refractivity contribution < 1.29 is 24.2 Å². The lowest BCUT2D eigenvalue weighted by Crippen LogP contribution is -2.48. The normalized spacial score (nSPS) is 18.6. The molecule has 1 N–H and O–H groups in total. The lowest BCUT2D eigenvalue weighted by atomic mass is 10.1. The number of carboxylic acid groups (broad SMARTS) is 1. The van der Waals surface area contributed by atoms with Crippen LogP contribution in [-0.2, 0) is 27.4 Å². The average molecular weight is 394 g/mol. The van der Waals surface area contributed by atoms with Gasteiger partial charge < -0.3 is 19.6 Å². The summed E-state index contributed by atoms with van der Waals surface area (Å²) in [6.45, 7) is 3.62. The Morgan fingerprint density at radius 1 is 0.931 bits per heavy atom. The van der Waals surface area contributed by atoms with E-state index < -0.39 is 30.1 Å². The van der Waals surface area contributed by atoms with Crippen LogP contribution in [0.1, 0.15) is 11.1 Å². The van der Waals surface area contributed by atoms with Crippen molar-refractivity contribution >= 4 is 18.0 Å². The number of urea groups is 1. The predicted octanol–water partition coefficient (Wildman–Crippen LogP) is 2.68. The van der Waals surface area contributed by atoms with Gasteiger partial charge in [0.2, 0.25) is 0 Å². The minimum absolute atomic E-state index is 0.0618. The summed E-state index contributed by atoms with van der Waals surface area (Å²) in [6.07, 6.45) is 1.40. The fourth-order valence-corrected chi connectivity index (χ4v) is 3.39. The van der Waals surface area contributed by atoms with E-state index in [0.29, 0.717) is 0 Å². The van der Waals surface area contributed by atoms with Crippen LogP contribution in [0.4, 0.5) is 4.79 Å². The zero-order chi connectivity index (χ0) is 20.8. The van der Waals surface area contributed by atoms with Crippen molar-refractivity contribution in [2.45, 2.75) is 25.2 Å². The first-order valence-electron chi connectivity index (χ1n) is 9.18. The summed E-state index contributed by atoms with van der Waals surface area (Å²) in [5, 5.41) is 9.86. The third-order valence-corrected chi connectivity index (χ3v) is 4.69. The molecule has 29 heavy (non-hydrogen) atoms. The molecule has 2 atom stereocenters. The molecule has 1 aliphatic rings. The third-order valence-electron chi connectivity index (χ3n) is 4.69. The molecule has 0 saturated carbocycles. The van der Waals surface area contributed by atoms with Gasteiger partial charge in [-0.25, -0.2) is 14.4 Å². The minimum atomic E-state index is -1.36. The molecule has 2 amide bonds. The number of amides is 2. The van der Waals surface area contributed by atoms with Crippen molar-refractivity contribution in [3.05, 3.63) is 84.4 Å². The summed E-state index contributed by atoms with van der Waals surface area (Å²) in [7, 11) is 0. The fraction of sp³-hybridized carbons (Fsp3) is 0.227. The molecular weight excluding hydrogens is 372 g/mol. The Hall–Kier alpha value is -3.61. The Morgan fingerprint density at radius 2 is 1.41 bits per heavy atom. The van der Waals surface area contributed by atoms with Crippen LogP contribution in [0.3, 0.4) is 0 Å². The van der Waals surface area contributed by atoms with Gasteiger partial charge in [-0.05, 0) is 11.1 Å². The minimum Gasteiger partial charge on any atom is -0.480 e. The number of nitrogens with zero attached hydrogens (tertiary/aromatic N) is 2. The molecule has 0 spiro atoms. The highest BCUT2D eigenvalue weighted by atomic mass is 16.5.